The minimum atomic E-state index is -1.02. The number of rotatable bonds is 4. The van der Waals surface area contributed by atoms with Crippen molar-refractivity contribution >= 4 is 16.8 Å². The topological polar surface area (TPSA) is 54.4 Å². The zero-order valence-corrected chi connectivity index (χ0v) is 11.1. The van der Waals surface area contributed by atoms with Gasteiger partial charge in [0.2, 0.25) is 0 Å². The number of hydrogen-bond acceptors (Lipinski definition) is 2. The maximum absolute atomic E-state index is 12.5. The first kappa shape index (κ1) is 11.9. The van der Waals surface area contributed by atoms with Crippen molar-refractivity contribution in [3.05, 3.63) is 28.8 Å². The molecule has 1 N–H and O–H groups in total. The maximum atomic E-state index is 12.5. The van der Waals surface area contributed by atoms with Crippen molar-refractivity contribution in [2.24, 2.45) is 0 Å². The predicted octanol–water partition coefficient (Wildman–Crippen LogP) is 2.84. The molecule has 0 aliphatic heterocycles. The molecule has 3 nitrogen and oxygen atoms in total. The van der Waals surface area contributed by atoms with Gasteiger partial charge in [-0.25, -0.2) is 4.79 Å². The number of benzene rings is 1. The Balaban J connectivity index is 2.17. The monoisotopic (exact) mass is 264 g/mol. The summed E-state index contributed by atoms with van der Waals surface area (Å²) in [7, 11) is -1.02. The Morgan fingerprint density at radius 1 is 1.28 bits per heavy atom. The number of carbonyl (C=O) groups is 1. The van der Waals surface area contributed by atoms with Crippen molar-refractivity contribution < 1.29 is 14.1 Å². The summed E-state index contributed by atoms with van der Waals surface area (Å²) in [5.41, 5.74) is 2.19. The summed E-state index contributed by atoms with van der Waals surface area (Å²) in [6.07, 6.45) is 4.07. The molecule has 0 heterocycles. The van der Waals surface area contributed by atoms with Crippen LogP contribution in [0.2, 0.25) is 0 Å². The highest BCUT2D eigenvalue weighted by molar-refractivity contribution is 7.86. The van der Waals surface area contributed by atoms with Gasteiger partial charge in [-0.05, 0) is 55.7 Å². The highest BCUT2D eigenvalue weighted by Gasteiger charge is 2.37. The minimum absolute atomic E-state index is 0.255. The molecular weight excluding hydrogens is 248 g/mol. The zero-order valence-electron chi connectivity index (χ0n) is 10.3. The quantitative estimate of drug-likeness (QED) is 0.909. The van der Waals surface area contributed by atoms with Gasteiger partial charge >= 0.3 is 5.97 Å². The minimum Gasteiger partial charge on any atom is -0.478 e. The van der Waals surface area contributed by atoms with E-state index in [9.17, 15) is 14.1 Å². The Hall–Kier alpha value is -1.16. The molecular formula is C14H16O3S. The van der Waals surface area contributed by atoms with Crippen molar-refractivity contribution in [1.29, 1.82) is 0 Å². The van der Waals surface area contributed by atoms with Crippen molar-refractivity contribution in [2.75, 3.05) is 0 Å². The molecule has 0 spiro atoms. The second-order valence-electron chi connectivity index (χ2n) is 5.25. The molecule has 0 bridgehead atoms. The third kappa shape index (κ3) is 1.99. The SMILES string of the molecule is Cc1ccc(C(=O)O)c(C2CC2)c1[S@](=O)C1CC1. The van der Waals surface area contributed by atoms with Crippen molar-refractivity contribution in [2.45, 2.75) is 48.7 Å². The Morgan fingerprint density at radius 3 is 2.44 bits per heavy atom. The van der Waals surface area contributed by atoms with Gasteiger partial charge in [-0.3, -0.25) is 4.21 Å². The largest absolute Gasteiger partial charge is 0.478 e. The van der Waals surface area contributed by atoms with Crippen LogP contribution in [0.25, 0.3) is 0 Å². The molecule has 4 heteroatoms. The van der Waals surface area contributed by atoms with Gasteiger partial charge in [-0.15, -0.1) is 0 Å². The highest BCUT2D eigenvalue weighted by Crippen LogP contribution is 2.46. The fraction of sp³-hybridized carbons (Fsp3) is 0.500. The van der Waals surface area contributed by atoms with E-state index in [1.165, 1.54) is 0 Å². The number of aromatic carboxylic acids is 1. The molecule has 1 aromatic carbocycles. The lowest BCUT2D eigenvalue weighted by Crippen LogP contribution is -2.10. The van der Waals surface area contributed by atoms with Crippen LogP contribution in [-0.4, -0.2) is 20.5 Å². The standard InChI is InChI=1S/C14H16O3S/c1-8-2-7-11(14(15)16)12(9-3-4-9)13(8)18(17)10-5-6-10/h2,7,9-10H,3-6H2,1H3,(H,15,16)/t18-/m1/s1. The first-order chi connectivity index (χ1) is 8.59. The number of carboxylic acids is 1. The third-order valence-corrected chi connectivity index (χ3v) is 5.66. The summed E-state index contributed by atoms with van der Waals surface area (Å²) in [6, 6.07) is 3.46. The Bertz CT molecular complexity index is 542. The molecule has 1 aromatic rings. The summed E-state index contributed by atoms with van der Waals surface area (Å²) in [6.45, 7) is 1.94. The van der Waals surface area contributed by atoms with Crippen LogP contribution in [0.15, 0.2) is 17.0 Å². The van der Waals surface area contributed by atoms with Crippen LogP contribution in [0.4, 0.5) is 0 Å². The van der Waals surface area contributed by atoms with E-state index in [0.717, 1.165) is 41.7 Å². The van der Waals surface area contributed by atoms with Crippen LogP contribution in [-0.2, 0) is 10.8 Å². The van der Waals surface area contributed by atoms with Gasteiger partial charge in [0.1, 0.15) is 0 Å². The van der Waals surface area contributed by atoms with E-state index < -0.39 is 16.8 Å². The molecule has 2 aliphatic carbocycles. The highest BCUT2D eigenvalue weighted by atomic mass is 32.2. The van der Waals surface area contributed by atoms with Crippen molar-refractivity contribution in [1.82, 2.24) is 0 Å². The summed E-state index contributed by atoms with van der Waals surface area (Å²) >= 11 is 0. The van der Waals surface area contributed by atoms with E-state index in [4.69, 9.17) is 0 Å². The van der Waals surface area contributed by atoms with Crippen molar-refractivity contribution in [3.8, 4) is 0 Å². The van der Waals surface area contributed by atoms with E-state index in [1.54, 1.807) is 12.1 Å². The lowest BCUT2D eigenvalue weighted by molar-refractivity contribution is 0.0695. The summed E-state index contributed by atoms with van der Waals surface area (Å²) in [5, 5.41) is 9.55. The second-order valence-corrected chi connectivity index (χ2v) is 6.92. The lowest BCUT2D eigenvalue weighted by Gasteiger charge is -2.14. The Morgan fingerprint density at radius 2 is 1.94 bits per heavy atom. The smallest absolute Gasteiger partial charge is 0.336 e. The van der Waals surface area contributed by atoms with Crippen LogP contribution in [0.1, 0.15) is 53.1 Å². The fourth-order valence-electron chi connectivity index (χ4n) is 2.39. The van der Waals surface area contributed by atoms with Gasteiger partial charge in [0.05, 0.1) is 16.4 Å². The van der Waals surface area contributed by atoms with Gasteiger partial charge in [0.15, 0.2) is 0 Å². The third-order valence-electron chi connectivity index (χ3n) is 3.64. The fourth-order valence-corrected chi connectivity index (χ4v) is 4.16. The summed E-state index contributed by atoms with van der Waals surface area (Å²) < 4.78 is 12.5. The predicted molar refractivity (Wildman–Crippen MR) is 69.5 cm³/mol. The van der Waals surface area contributed by atoms with Crippen LogP contribution in [0.5, 0.6) is 0 Å². The molecule has 96 valence electrons. The zero-order chi connectivity index (χ0) is 12.9. The number of carboxylic acid groups (broad SMARTS) is 1. The number of aryl methyl sites for hydroxylation is 1. The van der Waals surface area contributed by atoms with Crippen LogP contribution < -0.4 is 0 Å². The molecule has 18 heavy (non-hydrogen) atoms. The van der Waals surface area contributed by atoms with Gasteiger partial charge in [-0.1, -0.05) is 6.07 Å². The molecule has 3 rings (SSSR count). The first-order valence-electron chi connectivity index (χ1n) is 6.37. The molecule has 2 fully saturated rings. The van der Waals surface area contributed by atoms with Gasteiger partial charge < -0.3 is 5.11 Å². The van der Waals surface area contributed by atoms with E-state index in [2.05, 4.69) is 0 Å². The molecule has 0 aromatic heterocycles. The number of hydrogen-bond donors (Lipinski definition) is 1. The first-order valence-corrected chi connectivity index (χ1v) is 7.58. The van der Waals surface area contributed by atoms with Gasteiger partial charge in [0, 0.05) is 10.1 Å². The summed E-state index contributed by atoms with van der Waals surface area (Å²) in [5.74, 6) is -0.584. The lowest BCUT2D eigenvalue weighted by atomic mass is 10.0. The van der Waals surface area contributed by atoms with Crippen LogP contribution in [0, 0.1) is 6.92 Å². The molecule has 2 aliphatic rings. The van der Waals surface area contributed by atoms with Crippen LogP contribution >= 0.6 is 0 Å². The average molecular weight is 264 g/mol. The maximum Gasteiger partial charge on any atom is 0.336 e. The Kier molecular flexibility index (Phi) is 2.77. The average Bonchev–Trinajstić information content (AvgIpc) is 3.16. The van der Waals surface area contributed by atoms with E-state index >= 15 is 0 Å². The van der Waals surface area contributed by atoms with Crippen LogP contribution in [0.3, 0.4) is 0 Å². The van der Waals surface area contributed by atoms with E-state index in [1.807, 2.05) is 6.92 Å². The second kappa shape index (κ2) is 4.19. The molecule has 1 atom stereocenters. The normalized spacial score (nSPS) is 20.7. The summed E-state index contributed by atoms with van der Waals surface area (Å²) in [4.78, 5) is 12.1. The van der Waals surface area contributed by atoms with E-state index in [0.29, 0.717) is 11.5 Å². The molecule has 0 saturated heterocycles. The molecule has 2 saturated carbocycles. The van der Waals surface area contributed by atoms with E-state index in [-0.39, 0.29) is 5.25 Å². The van der Waals surface area contributed by atoms with Crippen molar-refractivity contribution in [3.63, 3.8) is 0 Å². The molecule has 0 radical (unpaired) electrons. The van der Waals surface area contributed by atoms with Gasteiger partial charge in [-0.2, -0.15) is 0 Å². The van der Waals surface area contributed by atoms with Gasteiger partial charge in [0.25, 0.3) is 0 Å². The Labute approximate surface area is 109 Å². The molecule has 0 unspecified atom stereocenters. The molecule has 0 amide bonds.